The van der Waals surface area contributed by atoms with Crippen molar-refractivity contribution in [2.24, 2.45) is 0 Å². The summed E-state index contributed by atoms with van der Waals surface area (Å²) in [4.78, 5) is 3.96. The zero-order valence-electron chi connectivity index (χ0n) is 10.3. The van der Waals surface area contributed by atoms with Gasteiger partial charge in [0.25, 0.3) is 0 Å². The van der Waals surface area contributed by atoms with Crippen molar-refractivity contribution in [3.63, 3.8) is 0 Å². The molecule has 5 nitrogen and oxygen atoms in total. The van der Waals surface area contributed by atoms with Crippen molar-refractivity contribution < 1.29 is 9.63 Å². The van der Waals surface area contributed by atoms with E-state index in [1.54, 1.807) is 6.07 Å². The van der Waals surface area contributed by atoms with Crippen molar-refractivity contribution in [3.05, 3.63) is 42.0 Å². The third kappa shape index (κ3) is 3.07. The second-order valence-corrected chi connectivity index (χ2v) is 4.07. The number of aromatic hydroxyl groups is 1. The molecule has 0 spiro atoms. The first-order valence-corrected chi connectivity index (χ1v) is 6.07. The van der Waals surface area contributed by atoms with Crippen LogP contribution in [0.4, 0.5) is 0 Å². The summed E-state index contributed by atoms with van der Waals surface area (Å²) in [5, 5.41) is 17.0. The standard InChI is InChI=1S/C13H17N3O2/c1-2-11(10-5-3-4-6-12(10)17)14-8-7-13-15-9-18-16-13/h3-6,9,11,14,17H,2,7-8H2,1H3. The second-order valence-electron chi connectivity index (χ2n) is 4.07. The van der Waals surface area contributed by atoms with Crippen LogP contribution in [0, 0.1) is 0 Å². The molecule has 2 rings (SSSR count). The van der Waals surface area contributed by atoms with Crippen LogP contribution in [-0.4, -0.2) is 21.8 Å². The highest BCUT2D eigenvalue weighted by Crippen LogP contribution is 2.25. The van der Waals surface area contributed by atoms with Crippen LogP contribution in [0.25, 0.3) is 0 Å². The maximum absolute atomic E-state index is 9.82. The van der Waals surface area contributed by atoms with E-state index in [1.807, 2.05) is 18.2 Å². The number of nitrogens with zero attached hydrogens (tertiary/aromatic N) is 2. The minimum atomic E-state index is 0.137. The topological polar surface area (TPSA) is 71.2 Å². The molecule has 1 atom stereocenters. The van der Waals surface area contributed by atoms with Crippen LogP contribution in [0.15, 0.2) is 35.2 Å². The van der Waals surface area contributed by atoms with Gasteiger partial charge >= 0.3 is 0 Å². The first-order chi connectivity index (χ1) is 8.81. The fraction of sp³-hybridized carbons (Fsp3) is 0.385. The Kier molecular flexibility index (Phi) is 4.30. The number of hydrogen-bond donors (Lipinski definition) is 2. The number of hydrogen-bond acceptors (Lipinski definition) is 5. The van der Waals surface area contributed by atoms with E-state index in [0.717, 1.165) is 18.5 Å². The molecule has 1 aromatic heterocycles. The van der Waals surface area contributed by atoms with Crippen LogP contribution in [-0.2, 0) is 6.42 Å². The van der Waals surface area contributed by atoms with Gasteiger partial charge in [0.05, 0.1) is 0 Å². The fourth-order valence-electron chi connectivity index (χ4n) is 1.92. The van der Waals surface area contributed by atoms with Gasteiger partial charge in [0.1, 0.15) is 5.75 Å². The minimum absolute atomic E-state index is 0.137. The first-order valence-electron chi connectivity index (χ1n) is 6.07. The number of nitrogens with one attached hydrogen (secondary N) is 1. The summed E-state index contributed by atoms with van der Waals surface area (Å²) in [5.41, 5.74) is 0.924. The third-order valence-corrected chi connectivity index (χ3v) is 2.87. The van der Waals surface area contributed by atoms with Crippen LogP contribution in [0.2, 0.25) is 0 Å². The van der Waals surface area contributed by atoms with E-state index >= 15 is 0 Å². The van der Waals surface area contributed by atoms with Gasteiger partial charge < -0.3 is 14.9 Å². The summed E-state index contributed by atoms with van der Waals surface area (Å²) in [6, 6.07) is 7.53. The van der Waals surface area contributed by atoms with E-state index in [9.17, 15) is 5.11 Å². The molecule has 0 aliphatic heterocycles. The van der Waals surface area contributed by atoms with Gasteiger partial charge in [-0.1, -0.05) is 30.3 Å². The number of phenolic OH excluding ortho intramolecular Hbond substituents is 1. The van der Waals surface area contributed by atoms with Crippen molar-refractivity contribution in [1.82, 2.24) is 15.5 Å². The Hall–Kier alpha value is -1.88. The Morgan fingerprint density at radius 3 is 2.89 bits per heavy atom. The molecule has 0 saturated carbocycles. The van der Waals surface area contributed by atoms with Crippen molar-refractivity contribution >= 4 is 0 Å². The van der Waals surface area contributed by atoms with Crippen molar-refractivity contribution in [2.45, 2.75) is 25.8 Å². The summed E-state index contributed by atoms with van der Waals surface area (Å²) >= 11 is 0. The van der Waals surface area contributed by atoms with Crippen molar-refractivity contribution in [1.29, 1.82) is 0 Å². The molecule has 5 heteroatoms. The Morgan fingerprint density at radius 2 is 2.22 bits per heavy atom. The minimum Gasteiger partial charge on any atom is -0.508 e. The third-order valence-electron chi connectivity index (χ3n) is 2.87. The van der Waals surface area contributed by atoms with Gasteiger partial charge in [-0.25, -0.2) is 0 Å². The summed E-state index contributed by atoms with van der Waals surface area (Å²) in [7, 11) is 0. The summed E-state index contributed by atoms with van der Waals surface area (Å²) in [5.74, 6) is 1.02. The smallest absolute Gasteiger partial charge is 0.213 e. The normalized spacial score (nSPS) is 12.5. The van der Waals surface area contributed by atoms with Gasteiger partial charge in [0.15, 0.2) is 5.82 Å². The first kappa shape index (κ1) is 12.6. The largest absolute Gasteiger partial charge is 0.508 e. The summed E-state index contributed by atoms with van der Waals surface area (Å²) in [6.07, 6.45) is 2.94. The zero-order chi connectivity index (χ0) is 12.8. The highest BCUT2D eigenvalue weighted by atomic mass is 16.5. The van der Waals surface area contributed by atoms with Gasteiger partial charge in [0, 0.05) is 24.6 Å². The lowest BCUT2D eigenvalue weighted by molar-refractivity contribution is 0.406. The molecule has 0 fully saturated rings. The number of benzene rings is 1. The molecule has 0 aliphatic rings. The lowest BCUT2D eigenvalue weighted by atomic mass is 10.0. The molecule has 0 radical (unpaired) electrons. The molecule has 1 heterocycles. The Balaban J connectivity index is 1.91. The Morgan fingerprint density at radius 1 is 1.39 bits per heavy atom. The van der Waals surface area contributed by atoms with E-state index in [1.165, 1.54) is 6.39 Å². The molecule has 2 N–H and O–H groups in total. The molecule has 0 aliphatic carbocycles. The number of rotatable bonds is 6. The van der Waals surface area contributed by atoms with Crippen LogP contribution in [0.1, 0.15) is 30.8 Å². The Bertz CT molecular complexity index is 471. The maximum Gasteiger partial charge on any atom is 0.213 e. The van der Waals surface area contributed by atoms with E-state index in [0.29, 0.717) is 18.0 Å². The van der Waals surface area contributed by atoms with Crippen molar-refractivity contribution in [3.8, 4) is 5.75 Å². The lowest BCUT2D eigenvalue weighted by Gasteiger charge is -2.18. The SMILES string of the molecule is CCC(NCCc1ncon1)c1ccccc1O. The molecule has 0 saturated heterocycles. The summed E-state index contributed by atoms with van der Waals surface area (Å²) < 4.78 is 4.67. The molecule has 18 heavy (non-hydrogen) atoms. The predicted molar refractivity (Wildman–Crippen MR) is 67.1 cm³/mol. The van der Waals surface area contributed by atoms with E-state index in [-0.39, 0.29) is 6.04 Å². The average molecular weight is 247 g/mol. The Labute approximate surface area is 106 Å². The van der Waals surface area contributed by atoms with Crippen LogP contribution >= 0.6 is 0 Å². The van der Waals surface area contributed by atoms with Crippen molar-refractivity contribution in [2.75, 3.05) is 6.54 Å². The molecular weight excluding hydrogens is 230 g/mol. The van der Waals surface area contributed by atoms with Gasteiger partial charge in [0.2, 0.25) is 6.39 Å². The van der Waals surface area contributed by atoms with Crippen LogP contribution in [0.3, 0.4) is 0 Å². The van der Waals surface area contributed by atoms with Gasteiger partial charge in [-0.15, -0.1) is 0 Å². The number of para-hydroxylation sites is 1. The van der Waals surface area contributed by atoms with E-state index in [2.05, 4.69) is 26.9 Å². The lowest BCUT2D eigenvalue weighted by Crippen LogP contribution is -2.23. The van der Waals surface area contributed by atoms with E-state index in [4.69, 9.17) is 0 Å². The molecule has 0 bridgehead atoms. The van der Waals surface area contributed by atoms with Gasteiger partial charge in [-0.05, 0) is 12.5 Å². The average Bonchev–Trinajstić information content (AvgIpc) is 2.89. The number of aromatic nitrogens is 2. The monoisotopic (exact) mass is 247 g/mol. The molecule has 96 valence electrons. The van der Waals surface area contributed by atoms with Gasteiger partial charge in [-0.3, -0.25) is 0 Å². The summed E-state index contributed by atoms with van der Waals surface area (Å²) in [6.45, 7) is 2.82. The maximum atomic E-state index is 9.82. The zero-order valence-corrected chi connectivity index (χ0v) is 10.3. The van der Waals surface area contributed by atoms with Gasteiger partial charge in [-0.2, -0.15) is 4.98 Å². The molecule has 1 unspecified atom stereocenters. The highest BCUT2D eigenvalue weighted by Gasteiger charge is 2.12. The molecule has 1 aromatic carbocycles. The highest BCUT2D eigenvalue weighted by molar-refractivity contribution is 5.34. The van der Waals surface area contributed by atoms with E-state index < -0.39 is 0 Å². The quantitative estimate of drug-likeness (QED) is 0.817. The number of phenols is 1. The van der Waals surface area contributed by atoms with Crippen LogP contribution in [0.5, 0.6) is 5.75 Å². The molecule has 0 amide bonds. The fourth-order valence-corrected chi connectivity index (χ4v) is 1.92. The molecule has 2 aromatic rings. The second kappa shape index (κ2) is 6.16. The predicted octanol–water partition coefficient (Wildman–Crippen LogP) is 2.06. The molecular formula is C13H17N3O2. The van der Waals surface area contributed by atoms with Crippen LogP contribution < -0.4 is 5.32 Å².